The highest BCUT2D eigenvalue weighted by Gasteiger charge is 2.39. The summed E-state index contributed by atoms with van der Waals surface area (Å²) in [6.07, 6.45) is 4.74. The van der Waals surface area contributed by atoms with Crippen molar-refractivity contribution in [3.63, 3.8) is 0 Å². The average molecular weight is 368 g/mol. The number of amides is 2. The monoisotopic (exact) mass is 368 g/mol. The maximum atomic E-state index is 12.5. The Morgan fingerprint density at radius 1 is 1.08 bits per heavy atom. The average Bonchev–Trinajstić information content (AvgIpc) is 2.65. The SMILES string of the molecule is CCC(=O)N1C[C@H](O)COC[C@H]2O[C@H](CC(=O)N3CCCCC3)CC[C@@H]21. The van der Waals surface area contributed by atoms with Gasteiger partial charge in [0.25, 0.3) is 0 Å². The highest BCUT2D eigenvalue weighted by Crippen LogP contribution is 2.28. The number of aliphatic hydroxyl groups excluding tert-OH is 1. The number of rotatable bonds is 3. The molecule has 0 bridgehead atoms. The van der Waals surface area contributed by atoms with Crippen LogP contribution in [0.25, 0.3) is 0 Å². The first-order chi connectivity index (χ1) is 12.6. The Kier molecular flexibility index (Phi) is 6.89. The molecule has 26 heavy (non-hydrogen) atoms. The van der Waals surface area contributed by atoms with Crippen molar-refractivity contribution in [3.05, 3.63) is 0 Å². The number of hydrogen-bond donors (Lipinski definition) is 1. The van der Waals surface area contributed by atoms with E-state index in [1.165, 1.54) is 6.42 Å². The van der Waals surface area contributed by atoms with E-state index in [4.69, 9.17) is 9.47 Å². The molecule has 7 heteroatoms. The molecule has 0 unspecified atom stereocenters. The molecule has 3 saturated heterocycles. The highest BCUT2D eigenvalue weighted by molar-refractivity contribution is 5.77. The Morgan fingerprint density at radius 2 is 1.85 bits per heavy atom. The number of aliphatic hydroxyl groups is 1. The third-order valence-corrected chi connectivity index (χ3v) is 5.71. The second-order valence-corrected chi connectivity index (χ2v) is 7.68. The van der Waals surface area contributed by atoms with Crippen LogP contribution in [0, 0.1) is 0 Å². The summed E-state index contributed by atoms with van der Waals surface area (Å²) in [5, 5.41) is 10.0. The maximum absolute atomic E-state index is 12.5. The summed E-state index contributed by atoms with van der Waals surface area (Å²) in [4.78, 5) is 28.6. The van der Waals surface area contributed by atoms with Crippen molar-refractivity contribution in [2.75, 3.05) is 32.8 Å². The van der Waals surface area contributed by atoms with Gasteiger partial charge in [-0.3, -0.25) is 9.59 Å². The number of carbonyl (C=O) groups is 2. The Morgan fingerprint density at radius 3 is 2.58 bits per heavy atom. The van der Waals surface area contributed by atoms with Gasteiger partial charge >= 0.3 is 0 Å². The zero-order valence-electron chi connectivity index (χ0n) is 15.8. The van der Waals surface area contributed by atoms with E-state index in [0.717, 1.165) is 38.8 Å². The second-order valence-electron chi connectivity index (χ2n) is 7.68. The fraction of sp³-hybridized carbons (Fsp3) is 0.895. The third-order valence-electron chi connectivity index (χ3n) is 5.71. The van der Waals surface area contributed by atoms with Gasteiger partial charge in [-0.05, 0) is 32.1 Å². The van der Waals surface area contributed by atoms with Crippen molar-refractivity contribution in [3.8, 4) is 0 Å². The molecule has 3 fully saturated rings. The van der Waals surface area contributed by atoms with Gasteiger partial charge in [0.1, 0.15) is 6.10 Å². The van der Waals surface area contributed by atoms with Crippen LogP contribution in [0.4, 0.5) is 0 Å². The third kappa shape index (κ3) is 4.75. The number of carbonyl (C=O) groups excluding carboxylic acids is 2. The van der Waals surface area contributed by atoms with Crippen molar-refractivity contribution >= 4 is 11.8 Å². The predicted molar refractivity (Wildman–Crippen MR) is 95.6 cm³/mol. The van der Waals surface area contributed by atoms with E-state index >= 15 is 0 Å². The minimum absolute atomic E-state index is 0.0346. The number of nitrogens with zero attached hydrogens (tertiary/aromatic N) is 2. The Bertz CT molecular complexity index is 494. The standard InChI is InChI=1S/C19H32N2O5/c1-2-18(23)21-11-14(22)12-25-13-17-16(21)7-6-15(26-17)10-19(24)20-8-4-3-5-9-20/h14-17,22H,2-13H2,1H3/t14-,15-,16-,17+/m0/s1. The first-order valence-corrected chi connectivity index (χ1v) is 10.1. The summed E-state index contributed by atoms with van der Waals surface area (Å²) in [7, 11) is 0. The van der Waals surface area contributed by atoms with Crippen molar-refractivity contribution in [1.82, 2.24) is 9.80 Å². The van der Waals surface area contributed by atoms with Gasteiger partial charge in [-0.25, -0.2) is 0 Å². The Labute approximate surface area is 155 Å². The second kappa shape index (κ2) is 9.15. The molecule has 0 aromatic carbocycles. The molecule has 148 valence electrons. The zero-order valence-corrected chi connectivity index (χ0v) is 15.8. The molecular formula is C19H32N2O5. The van der Waals surface area contributed by atoms with Crippen molar-refractivity contribution in [2.24, 2.45) is 0 Å². The van der Waals surface area contributed by atoms with Crippen LogP contribution in [-0.2, 0) is 19.1 Å². The van der Waals surface area contributed by atoms with Crippen LogP contribution in [0.5, 0.6) is 0 Å². The number of ether oxygens (including phenoxy) is 2. The number of fused-ring (bicyclic) bond motifs is 1. The smallest absolute Gasteiger partial charge is 0.225 e. The van der Waals surface area contributed by atoms with E-state index in [9.17, 15) is 14.7 Å². The molecule has 3 rings (SSSR count). The zero-order chi connectivity index (χ0) is 18.5. The van der Waals surface area contributed by atoms with Crippen molar-refractivity contribution in [1.29, 1.82) is 0 Å². The van der Waals surface area contributed by atoms with E-state index < -0.39 is 6.10 Å². The quantitative estimate of drug-likeness (QED) is 0.802. The van der Waals surface area contributed by atoms with Gasteiger partial charge in [-0.15, -0.1) is 0 Å². The van der Waals surface area contributed by atoms with Crippen molar-refractivity contribution in [2.45, 2.75) is 76.2 Å². The molecule has 2 amide bonds. The molecule has 0 aromatic rings. The predicted octanol–water partition coefficient (Wildman–Crippen LogP) is 0.935. The molecule has 0 radical (unpaired) electrons. The van der Waals surface area contributed by atoms with Gasteiger partial charge in [0, 0.05) is 26.1 Å². The van der Waals surface area contributed by atoms with Gasteiger partial charge in [0.05, 0.1) is 37.9 Å². The molecule has 3 aliphatic heterocycles. The molecule has 3 aliphatic rings. The Balaban J connectivity index is 1.60. The Hall–Kier alpha value is -1.18. The minimum atomic E-state index is -0.662. The lowest BCUT2D eigenvalue weighted by Gasteiger charge is -2.44. The number of piperidine rings is 1. The lowest BCUT2D eigenvalue weighted by atomic mass is 9.94. The summed E-state index contributed by atoms with van der Waals surface area (Å²) in [5.74, 6) is 0.212. The van der Waals surface area contributed by atoms with E-state index in [-0.39, 0.29) is 43.2 Å². The van der Waals surface area contributed by atoms with Gasteiger partial charge in [0.2, 0.25) is 11.8 Å². The van der Waals surface area contributed by atoms with Gasteiger partial charge < -0.3 is 24.4 Å². The summed E-state index contributed by atoms with van der Waals surface area (Å²) in [5.41, 5.74) is 0. The number of hydrogen-bond acceptors (Lipinski definition) is 5. The van der Waals surface area contributed by atoms with Crippen LogP contribution in [0.3, 0.4) is 0 Å². The summed E-state index contributed by atoms with van der Waals surface area (Å²) < 4.78 is 11.8. The van der Waals surface area contributed by atoms with E-state index in [1.54, 1.807) is 4.90 Å². The molecule has 0 saturated carbocycles. The van der Waals surface area contributed by atoms with Crippen LogP contribution >= 0.6 is 0 Å². The fourth-order valence-electron chi connectivity index (χ4n) is 4.30. The van der Waals surface area contributed by atoms with Crippen LogP contribution in [0.1, 0.15) is 51.9 Å². The van der Waals surface area contributed by atoms with Gasteiger partial charge in [-0.1, -0.05) is 6.92 Å². The van der Waals surface area contributed by atoms with Crippen LogP contribution in [-0.4, -0.2) is 83.9 Å². The topological polar surface area (TPSA) is 79.3 Å². The molecule has 0 aliphatic carbocycles. The van der Waals surface area contributed by atoms with Crippen LogP contribution in [0.2, 0.25) is 0 Å². The van der Waals surface area contributed by atoms with E-state index in [1.807, 2.05) is 11.8 Å². The largest absolute Gasteiger partial charge is 0.389 e. The number of β-amino-alcohol motifs (C(OH)–C–C–N with tert-alkyl or cyclic N) is 1. The summed E-state index contributed by atoms with van der Waals surface area (Å²) in [6.45, 7) is 4.40. The van der Waals surface area contributed by atoms with E-state index in [2.05, 4.69) is 0 Å². The molecule has 7 nitrogen and oxygen atoms in total. The maximum Gasteiger partial charge on any atom is 0.225 e. The summed E-state index contributed by atoms with van der Waals surface area (Å²) >= 11 is 0. The fourth-order valence-corrected chi connectivity index (χ4v) is 4.30. The summed E-state index contributed by atoms with van der Waals surface area (Å²) in [6, 6.07) is -0.0845. The lowest BCUT2D eigenvalue weighted by Crippen LogP contribution is -2.57. The first kappa shape index (κ1) is 19.6. The van der Waals surface area contributed by atoms with Crippen molar-refractivity contribution < 1.29 is 24.2 Å². The van der Waals surface area contributed by atoms with Crippen LogP contribution < -0.4 is 0 Å². The molecule has 0 spiro atoms. The highest BCUT2D eigenvalue weighted by atomic mass is 16.5. The van der Waals surface area contributed by atoms with Gasteiger partial charge in [0.15, 0.2) is 0 Å². The van der Waals surface area contributed by atoms with Crippen LogP contribution in [0.15, 0.2) is 0 Å². The first-order valence-electron chi connectivity index (χ1n) is 10.1. The molecule has 1 N–H and O–H groups in total. The minimum Gasteiger partial charge on any atom is -0.389 e. The number of likely N-dealkylation sites (tertiary alicyclic amines) is 1. The van der Waals surface area contributed by atoms with Gasteiger partial charge in [-0.2, -0.15) is 0 Å². The molecule has 0 aromatic heterocycles. The van der Waals surface area contributed by atoms with E-state index in [0.29, 0.717) is 19.4 Å². The normalized spacial score (nSPS) is 33.2. The molecule has 3 heterocycles. The molecule has 4 atom stereocenters. The molecular weight excluding hydrogens is 336 g/mol. The lowest BCUT2D eigenvalue weighted by molar-refractivity contribution is -0.170.